The molecular weight excluding hydrogens is 341 g/mol. The van der Waals surface area contributed by atoms with Crippen molar-refractivity contribution in [1.29, 1.82) is 0 Å². The van der Waals surface area contributed by atoms with Crippen LogP contribution < -0.4 is 9.80 Å². The molecule has 1 aromatic heterocycles. The summed E-state index contributed by atoms with van der Waals surface area (Å²) < 4.78 is 21.4. The molecule has 1 aromatic carbocycles. The predicted molar refractivity (Wildman–Crippen MR) is 90.1 cm³/mol. The fourth-order valence-corrected chi connectivity index (χ4v) is 3.03. The Balaban J connectivity index is 1.49. The minimum atomic E-state index is -0.522. The number of carbonyl (C=O) groups excluding carboxylic acids is 2. The standard InChI is InChI=1S/C17H16FN5O3/c18-15-9-12(1-2-16(15)21-6-3-13(24)4-7-21)23-11-14(26-17(23)25)10-22-8-5-19-20-22/h1-3,5-6,8-9,14H,4,7,10-11H2. The third kappa shape index (κ3) is 3.15. The zero-order valence-electron chi connectivity index (χ0n) is 13.8. The van der Waals surface area contributed by atoms with E-state index >= 15 is 0 Å². The largest absolute Gasteiger partial charge is 0.442 e. The summed E-state index contributed by atoms with van der Waals surface area (Å²) in [7, 11) is 0. The van der Waals surface area contributed by atoms with Gasteiger partial charge in [-0.3, -0.25) is 9.69 Å². The topological polar surface area (TPSA) is 80.6 Å². The highest BCUT2D eigenvalue weighted by molar-refractivity contribution is 5.92. The highest BCUT2D eigenvalue weighted by atomic mass is 19.1. The minimum absolute atomic E-state index is 0.0246. The first kappa shape index (κ1) is 16.2. The SMILES string of the molecule is O=C1C=CN(c2ccc(N3CC(Cn4ccnn4)OC3=O)cc2F)CC1. The third-order valence-corrected chi connectivity index (χ3v) is 4.33. The number of cyclic esters (lactones) is 1. The number of amides is 1. The highest BCUT2D eigenvalue weighted by Gasteiger charge is 2.33. The molecule has 0 N–H and O–H groups in total. The van der Waals surface area contributed by atoms with Crippen molar-refractivity contribution < 1.29 is 18.7 Å². The molecule has 0 saturated carbocycles. The van der Waals surface area contributed by atoms with Gasteiger partial charge in [-0.1, -0.05) is 5.21 Å². The number of allylic oxidation sites excluding steroid dienone is 1. The van der Waals surface area contributed by atoms with E-state index in [0.717, 1.165) is 0 Å². The lowest BCUT2D eigenvalue weighted by Crippen LogP contribution is -2.27. The molecule has 1 unspecified atom stereocenters. The molecule has 0 radical (unpaired) electrons. The fourth-order valence-electron chi connectivity index (χ4n) is 3.03. The van der Waals surface area contributed by atoms with Gasteiger partial charge < -0.3 is 9.64 Å². The highest BCUT2D eigenvalue weighted by Crippen LogP contribution is 2.29. The van der Waals surface area contributed by atoms with Crippen LogP contribution in [-0.2, 0) is 16.1 Å². The Morgan fingerprint density at radius 2 is 2.19 bits per heavy atom. The van der Waals surface area contributed by atoms with Crippen molar-refractivity contribution in [3.05, 3.63) is 48.7 Å². The Kier molecular flexibility index (Phi) is 4.11. The molecule has 4 rings (SSSR count). The van der Waals surface area contributed by atoms with Gasteiger partial charge in [0.25, 0.3) is 0 Å². The summed E-state index contributed by atoms with van der Waals surface area (Å²) in [4.78, 5) is 26.5. The average Bonchev–Trinajstić information content (AvgIpc) is 3.26. The Bertz CT molecular complexity index is 867. The van der Waals surface area contributed by atoms with Crippen molar-refractivity contribution >= 4 is 23.3 Å². The van der Waals surface area contributed by atoms with Crippen molar-refractivity contribution in [2.75, 3.05) is 22.9 Å². The van der Waals surface area contributed by atoms with Crippen molar-refractivity contribution in [3.8, 4) is 0 Å². The number of ether oxygens (including phenoxy) is 1. The van der Waals surface area contributed by atoms with E-state index in [4.69, 9.17) is 4.74 Å². The summed E-state index contributed by atoms with van der Waals surface area (Å²) in [6.45, 7) is 1.11. The molecule has 2 aliphatic rings. The Hall–Kier alpha value is -3.23. The number of halogens is 1. The number of aromatic nitrogens is 3. The predicted octanol–water partition coefficient (Wildman–Crippen LogP) is 1.74. The van der Waals surface area contributed by atoms with Crippen molar-refractivity contribution in [1.82, 2.24) is 15.0 Å². The van der Waals surface area contributed by atoms with Crippen LogP contribution in [0.4, 0.5) is 20.6 Å². The molecule has 1 saturated heterocycles. The first-order valence-corrected chi connectivity index (χ1v) is 8.19. The molecule has 9 heteroatoms. The third-order valence-electron chi connectivity index (χ3n) is 4.33. The molecular formula is C17H16FN5O3. The molecule has 1 atom stereocenters. The Labute approximate surface area is 148 Å². The molecule has 0 bridgehead atoms. The van der Waals surface area contributed by atoms with Crippen LogP contribution in [0, 0.1) is 5.82 Å². The molecule has 3 heterocycles. The van der Waals surface area contributed by atoms with Crippen LogP contribution in [0.15, 0.2) is 42.9 Å². The fraction of sp³-hybridized carbons (Fsp3) is 0.294. The molecule has 26 heavy (non-hydrogen) atoms. The normalized spacial score (nSPS) is 20.0. The van der Waals surface area contributed by atoms with E-state index in [-0.39, 0.29) is 11.9 Å². The maximum atomic E-state index is 14.6. The van der Waals surface area contributed by atoms with E-state index in [1.807, 2.05) is 0 Å². The zero-order chi connectivity index (χ0) is 18.1. The van der Waals surface area contributed by atoms with Crippen LogP contribution in [0.1, 0.15) is 6.42 Å². The summed E-state index contributed by atoms with van der Waals surface area (Å²) in [6, 6.07) is 4.57. The lowest BCUT2D eigenvalue weighted by Gasteiger charge is -2.24. The van der Waals surface area contributed by atoms with Gasteiger partial charge in [0.15, 0.2) is 5.78 Å². The average molecular weight is 357 g/mol. The van der Waals surface area contributed by atoms with Gasteiger partial charge in [0.1, 0.15) is 11.9 Å². The zero-order valence-corrected chi connectivity index (χ0v) is 13.8. The second kappa shape index (κ2) is 6.58. The first-order valence-electron chi connectivity index (χ1n) is 8.19. The lowest BCUT2D eigenvalue weighted by molar-refractivity contribution is -0.114. The maximum absolute atomic E-state index is 14.6. The van der Waals surface area contributed by atoms with Gasteiger partial charge >= 0.3 is 6.09 Å². The van der Waals surface area contributed by atoms with E-state index in [9.17, 15) is 14.0 Å². The van der Waals surface area contributed by atoms with Gasteiger partial charge in [0.2, 0.25) is 0 Å². The second-order valence-corrected chi connectivity index (χ2v) is 6.10. The number of rotatable bonds is 4. The van der Waals surface area contributed by atoms with E-state index in [0.29, 0.717) is 37.4 Å². The number of anilines is 2. The summed E-state index contributed by atoms with van der Waals surface area (Å²) in [5.74, 6) is -0.439. The summed E-state index contributed by atoms with van der Waals surface area (Å²) in [6.07, 6.45) is 5.67. The second-order valence-electron chi connectivity index (χ2n) is 6.10. The Morgan fingerprint density at radius 1 is 1.31 bits per heavy atom. The summed E-state index contributed by atoms with van der Waals surface area (Å²) >= 11 is 0. The van der Waals surface area contributed by atoms with Gasteiger partial charge in [-0.2, -0.15) is 0 Å². The van der Waals surface area contributed by atoms with Crippen molar-refractivity contribution in [3.63, 3.8) is 0 Å². The molecule has 134 valence electrons. The van der Waals surface area contributed by atoms with E-state index in [1.165, 1.54) is 17.0 Å². The quantitative estimate of drug-likeness (QED) is 0.829. The minimum Gasteiger partial charge on any atom is -0.442 e. The molecule has 1 amide bonds. The number of hydrogen-bond donors (Lipinski definition) is 0. The van der Waals surface area contributed by atoms with Crippen LogP contribution in [0.3, 0.4) is 0 Å². The van der Waals surface area contributed by atoms with Crippen LogP contribution in [0.25, 0.3) is 0 Å². The number of benzene rings is 1. The van der Waals surface area contributed by atoms with Gasteiger partial charge in [-0.05, 0) is 24.3 Å². The molecule has 8 nitrogen and oxygen atoms in total. The van der Waals surface area contributed by atoms with Crippen molar-refractivity contribution in [2.45, 2.75) is 19.1 Å². The molecule has 0 spiro atoms. The number of nitrogens with zero attached hydrogens (tertiary/aromatic N) is 5. The van der Waals surface area contributed by atoms with E-state index in [2.05, 4.69) is 10.3 Å². The maximum Gasteiger partial charge on any atom is 0.414 e. The molecule has 2 aliphatic heterocycles. The monoisotopic (exact) mass is 357 g/mol. The lowest BCUT2D eigenvalue weighted by atomic mass is 10.1. The van der Waals surface area contributed by atoms with Gasteiger partial charge in [-0.15, -0.1) is 5.10 Å². The Morgan fingerprint density at radius 3 is 2.88 bits per heavy atom. The van der Waals surface area contributed by atoms with E-state index < -0.39 is 11.9 Å². The summed E-state index contributed by atoms with van der Waals surface area (Å²) in [5, 5.41) is 7.56. The number of hydrogen-bond acceptors (Lipinski definition) is 6. The van der Waals surface area contributed by atoms with Gasteiger partial charge in [0, 0.05) is 25.4 Å². The van der Waals surface area contributed by atoms with Gasteiger partial charge in [0.05, 0.1) is 30.7 Å². The molecule has 0 aliphatic carbocycles. The van der Waals surface area contributed by atoms with Crippen LogP contribution in [0.5, 0.6) is 0 Å². The van der Waals surface area contributed by atoms with Crippen molar-refractivity contribution in [2.24, 2.45) is 0 Å². The van der Waals surface area contributed by atoms with Crippen LogP contribution >= 0.6 is 0 Å². The molecule has 2 aromatic rings. The summed E-state index contributed by atoms with van der Waals surface area (Å²) in [5.41, 5.74) is 0.790. The first-order chi connectivity index (χ1) is 12.6. The van der Waals surface area contributed by atoms with E-state index in [1.54, 1.807) is 40.3 Å². The number of carbonyl (C=O) groups is 2. The van der Waals surface area contributed by atoms with Crippen LogP contribution in [0.2, 0.25) is 0 Å². The smallest absolute Gasteiger partial charge is 0.414 e. The molecule has 1 fully saturated rings. The van der Waals surface area contributed by atoms with Crippen LogP contribution in [-0.4, -0.2) is 46.1 Å². The van der Waals surface area contributed by atoms with Gasteiger partial charge in [-0.25, -0.2) is 13.9 Å². The number of ketones is 1.